The van der Waals surface area contributed by atoms with E-state index in [2.05, 4.69) is 20.0 Å². The molecule has 150 valence electrons. The second-order valence-corrected chi connectivity index (χ2v) is 10.3. The van der Waals surface area contributed by atoms with Crippen molar-refractivity contribution in [2.45, 2.75) is 22.1 Å². The molecule has 1 aliphatic rings. The van der Waals surface area contributed by atoms with Crippen LogP contribution < -0.4 is 10.0 Å². The van der Waals surface area contributed by atoms with Crippen LogP contribution in [0, 0.1) is 0 Å². The highest BCUT2D eigenvalue weighted by molar-refractivity contribution is 8.01. The van der Waals surface area contributed by atoms with Gasteiger partial charge in [-0.1, -0.05) is 30.0 Å². The fourth-order valence-electron chi connectivity index (χ4n) is 2.82. The van der Waals surface area contributed by atoms with Crippen LogP contribution >= 0.6 is 23.1 Å². The van der Waals surface area contributed by atoms with Crippen LogP contribution in [0.1, 0.15) is 12.8 Å². The molecule has 4 rings (SSSR count). The van der Waals surface area contributed by atoms with E-state index in [4.69, 9.17) is 0 Å². The van der Waals surface area contributed by atoms with Gasteiger partial charge in [-0.15, -0.1) is 11.3 Å². The number of aromatic nitrogens is 1. The Balaban J connectivity index is 1.38. The number of hydrogen-bond acceptors (Lipinski definition) is 7. The number of thiazole rings is 1. The van der Waals surface area contributed by atoms with Crippen molar-refractivity contribution in [2.24, 2.45) is 4.99 Å². The van der Waals surface area contributed by atoms with Gasteiger partial charge in [0.05, 0.1) is 20.9 Å². The highest BCUT2D eigenvalue weighted by Gasteiger charge is 2.19. The molecule has 2 heterocycles. The summed E-state index contributed by atoms with van der Waals surface area (Å²) in [5.74, 6) is 0.440. The number of nitrogens with one attached hydrogen (secondary N) is 2. The molecule has 0 fully saturated rings. The average Bonchev–Trinajstić information content (AvgIpc) is 3.35. The lowest BCUT2D eigenvalue weighted by molar-refractivity contribution is -0.113. The third-order valence-corrected chi connectivity index (χ3v) is 7.71. The minimum atomic E-state index is -3.72. The first-order valence-corrected chi connectivity index (χ1v) is 12.2. The molecule has 0 atom stereocenters. The molecule has 3 aromatic rings. The van der Waals surface area contributed by atoms with Crippen molar-refractivity contribution < 1.29 is 13.2 Å². The minimum absolute atomic E-state index is 0.0868. The summed E-state index contributed by atoms with van der Waals surface area (Å²) >= 11 is 2.89. The van der Waals surface area contributed by atoms with Crippen molar-refractivity contribution in [3.8, 4) is 0 Å². The van der Waals surface area contributed by atoms with Gasteiger partial charge in [-0.25, -0.2) is 13.4 Å². The van der Waals surface area contributed by atoms with E-state index >= 15 is 0 Å². The molecule has 0 unspecified atom stereocenters. The maximum absolute atomic E-state index is 12.5. The summed E-state index contributed by atoms with van der Waals surface area (Å²) in [6, 6.07) is 14.0. The molecule has 0 saturated heterocycles. The van der Waals surface area contributed by atoms with Crippen molar-refractivity contribution in [3.63, 3.8) is 0 Å². The van der Waals surface area contributed by atoms with Gasteiger partial charge < -0.3 is 5.32 Å². The van der Waals surface area contributed by atoms with Crippen molar-refractivity contribution in [2.75, 3.05) is 17.6 Å². The molecule has 1 amide bonds. The zero-order chi connectivity index (χ0) is 20.3. The predicted octanol–water partition coefficient (Wildman–Crippen LogP) is 3.50. The third-order valence-electron chi connectivity index (χ3n) is 4.16. The van der Waals surface area contributed by atoms with Gasteiger partial charge in [0, 0.05) is 18.7 Å². The van der Waals surface area contributed by atoms with Crippen LogP contribution in [0.5, 0.6) is 0 Å². The number of carbonyl (C=O) groups excluding carboxylic acids is 1. The molecule has 1 aliphatic heterocycles. The number of fused-ring (bicyclic) bond motifs is 1. The van der Waals surface area contributed by atoms with Gasteiger partial charge in [-0.3, -0.25) is 14.5 Å². The molecule has 0 radical (unpaired) electrons. The van der Waals surface area contributed by atoms with Crippen molar-refractivity contribution in [3.05, 3.63) is 48.5 Å². The monoisotopic (exact) mass is 446 g/mol. The van der Waals surface area contributed by atoms with Crippen LogP contribution in [0.15, 0.2) is 62.8 Å². The van der Waals surface area contributed by atoms with E-state index in [0.29, 0.717) is 24.5 Å². The molecule has 10 heteroatoms. The van der Waals surface area contributed by atoms with Crippen LogP contribution in [-0.2, 0) is 14.8 Å². The first kappa shape index (κ1) is 19.9. The van der Waals surface area contributed by atoms with E-state index in [9.17, 15) is 13.2 Å². The van der Waals surface area contributed by atoms with E-state index in [1.54, 1.807) is 12.1 Å². The van der Waals surface area contributed by atoms with E-state index in [1.165, 1.54) is 35.2 Å². The van der Waals surface area contributed by atoms with E-state index in [1.807, 2.05) is 24.3 Å². The summed E-state index contributed by atoms with van der Waals surface area (Å²) < 4.78 is 29.4. The van der Waals surface area contributed by atoms with Crippen LogP contribution in [0.2, 0.25) is 0 Å². The van der Waals surface area contributed by atoms with Gasteiger partial charge in [0.1, 0.15) is 5.84 Å². The molecule has 1 aromatic heterocycles. The molecule has 0 aliphatic carbocycles. The smallest absolute Gasteiger partial charge is 0.262 e. The number of anilines is 1. The number of nitrogens with zero attached hydrogens (tertiary/aromatic N) is 2. The van der Waals surface area contributed by atoms with Crippen LogP contribution in [0.4, 0.5) is 5.69 Å². The molecule has 7 nitrogen and oxygen atoms in total. The number of rotatable bonds is 6. The number of benzene rings is 2. The Morgan fingerprint density at radius 1 is 1.17 bits per heavy atom. The Labute approximate surface area is 176 Å². The topological polar surface area (TPSA) is 101 Å². The number of thioether (sulfide) groups is 1. The largest absolute Gasteiger partial charge is 0.325 e. The quantitative estimate of drug-likeness (QED) is 0.565. The number of carbonyl (C=O) groups is 1. The predicted molar refractivity (Wildman–Crippen MR) is 117 cm³/mol. The summed E-state index contributed by atoms with van der Waals surface area (Å²) in [7, 11) is -3.72. The molecule has 0 saturated carbocycles. The van der Waals surface area contributed by atoms with Gasteiger partial charge in [0.25, 0.3) is 10.0 Å². The fourth-order valence-corrected chi connectivity index (χ4v) is 5.82. The number of hydrogen-bond donors (Lipinski definition) is 2. The lowest BCUT2D eigenvalue weighted by Gasteiger charge is -2.10. The van der Waals surface area contributed by atoms with Crippen LogP contribution in [0.25, 0.3) is 10.2 Å². The molecule has 0 bridgehead atoms. The molecular weight excluding hydrogens is 428 g/mol. The maximum Gasteiger partial charge on any atom is 0.262 e. The van der Waals surface area contributed by atoms with Gasteiger partial charge in [-0.05, 0) is 36.8 Å². The zero-order valence-electron chi connectivity index (χ0n) is 15.3. The normalized spacial score (nSPS) is 14.0. The highest BCUT2D eigenvalue weighted by atomic mass is 32.2. The first-order valence-electron chi connectivity index (χ1n) is 8.94. The van der Waals surface area contributed by atoms with Crippen molar-refractivity contribution in [1.29, 1.82) is 0 Å². The Hall–Kier alpha value is -2.43. The maximum atomic E-state index is 12.5. The number of amides is 1. The van der Waals surface area contributed by atoms with E-state index in [0.717, 1.165) is 21.0 Å². The Morgan fingerprint density at radius 3 is 2.83 bits per heavy atom. The number of aliphatic imine (C=N–C) groups is 1. The third kappa shape index (κ3) is 4.95. The molecule has 2 N–H and O–H groups in total. The molecule has 29 heavy (non-hydrogen) atoms. The first-order chi connectivity index (χ1) is 14.0. The fraction of sp³-hybridized carbons (Fsp3) is 0.211. The van der Waals surface area contributed by atoms with Gasteiger partial charge >= 0.3 is 0 Å². The van der Waals surface area contributed by atoms with Crippen LogP contribution in [-0.4, -0.2) is 37.4 Å². The Morgan fingerprint density at radius 2 is 2.03 bits per heavy atom. The number of amidine groups is 1. The van der Waals surface area contributed by atoms with E-state index < -0.39 is 10.0 Å². The molecule has 0 spiro atoms. The van der Waals surface area contributed by atoms with Gasteiger partial charge in [-0.2, -0.15) is 0 Å². The summed E-state index contributed by atoms with van der Waals surface area (Å²) in [5.41, 5.74) is 1.34. The number of sulfonamides is 1. The minimum Gasteiger partial charge on any atom is -0.325 e. The lowest BCUT2D eigenvalue weighted by atomic mass is 10.3. The van der Waals surface area contributed by atoms with E-state index in [-0.39, 0.29) is 16.6 Å². The standard InChI is InChI=1S/C19H18N4O3S3/c24-18(12-27-19-22-15-7-1-2-8-16(15)28-19)21-13-5-3-6-14(11-13)29(25,26)23-17-9-4-10-20-17/h1-3,5-8,11H,4,9-10,12H2,(H,20,23)(H,21,24). The Kier molecular flexibility index (Phi) is 5.84. The average molecular weight is 447 g/mol. The SMILES string of the molecule is O=C(CSc1nc2ccccc2s1)Nc1cccc(S(=O)(=O)NC2=NCCC2)c1. The highest BCUT2D eigenvalue weighted by Crippen LogP contribution is 2.29. The summed E-state index contributed by atoms with van der Waals surface area (Å²) in [6.07, 6.45) is 1.47. The van der Waals surface area contributed by atoms with Gasteiger partial charge in [0.2, 0.25) is 5.91 Å². The van der Waals surface area contributed by atoms with Crippen LogP contribution in [0.3, 0.4) is 0 Å². The molecule has 2 aromatic carbocycles. The molecular formula is C19H18N4O3S3. The van der Waals surface area contributed by atoms with Gasteiger partial charge in [0.15, 0.2) is 4.34 Å². The summed E-state index contributed by atoms with van der Waals surface area (Å²) in [6.45, 7) is 0.639. The summed E-state index contributed by atoms with van der Waals surface area (Å²) in [4.78, 5) is 21.0. The zero-order valence-corrected chi connectivity index (χ0v) is 17.7. The lowest BCUT2D eigenvalue weighted by Crippen LogP contribution is -2.29. The van der Waals surface area contributed by atoms with Crippen molar-refractivity contribution in [1.82, 2.24) is 9.71 Å². The second-order valence-electron chi connectivity index (χ2n) is 6.35. The number of para-hydroxylation sites is 1. The van der Waals surface area contributed by atoms with Crippen molar-refractivity contribution >= 4 is 60.8 Å². The second kappa shape index (κ2) is 8.52. The Bertz CT molecular complexity index is 1160. The summed E-state index contributed by atoms with van der Waals surface area (Å²) in [5, 5.41) is 2.75.